The molecule has 0 spiro atoms. The third-order valence-corrected chi connectivity index (χ3v) is 3.18. The largest absolute Gasteiger partial charge is 0.476 e. The van der Waals surface area contributed by atoms with E-state index in [-0.39, 0.29) is 23.6 Å². The third-order valence-electron chi connectivity index (χ3n) is 3.18. The molecule has 1 aromatic rings. The first-order chi connectivity index (χ1) is 10.2. The lowest BCUT2D eigenvalue weighted by atomic mass is 10.2. The number of benzene rings is 1. The molecule has 0 aliphatic carbocycles. The van der Waals surface area contributed by atoms with Crippen molar-refractivity contribution in [2.75, 3.05) is 11.6 Å². The van der Waals surface area contributed by atoms with Crippen LogP contribution in [0.25, 0.3) is 0 Å². The van der Waals surface area contributed by atoms with E-state index in [1.54, 1.807) is 6.92 Å². The number of carbonyl (C=O) groups is 1. The number of nitrogens with one attached hydrogen (secondary N) is 1. The van der Waals surface area contributed by atoms with Gasteiger partial charge in [-0.1, -0.05) is 0 Å². The van der Waals surface area contributed by atoms with Gasteiger partial charge in [0, 0.05) is 6.54 Å². The Morgan fingerprint density at radius 1 is 1.36 bits per heavy atom. The number of rotatable bonds is 3. The van der Waals surface area contributed by atoms with Crippen LogP contribution in [0.3, 0.4) is 0 Å². The number of anilines is 1. The summed E-state index contributed by atoms with van der Waals surface area (Å²) in [7, 11) is 0. The molecule has 5 nitrogen and oxygen atoms in total. The minimum Gasteiger partial charge on any atom is -0.476 e. The number of halogens is 4. The standard InChI is InChI=1S/C13H13F4N3O2/c1-3-19-18-11(12(21)22)7(2)20(19)10-5-4-8(6-9(10)14)13(15,16)17/h4-6,18H,3H2,1-2H3,(H,21,22). The maximum atomic E-state index is 14.1. The van der Waals surface area contributed by atoms with Crippen molar-refractivity contribution >= 4 is 11.7 Å². The normalized spacial score (nSPS) is 16.2. The van der Waals surface area contributed by atoms with Crippen LogP contribution in [0.2, 0.25) is 0 Å². The lowest BCUT2D eigenvalue weighted by Gasteiger charge is -2.29. The van der Waals surface area contributed by atoms with E-state index in [2.05, 4.69) is 5.43 Å². The first-order valence-corrected chi connectivity index (χ1v) is 6.32. The van der Waals surface area contributed by atoms with Gasteiger partial charge >= 0.3 is 12.1 Å². The zero-order valence-corrected chi connectivity index (χ0v) is 11.7. The maximum absolute atomic E-state index is 14.1. The molecule has 0 aromatic heterocycles. The van der Waals surface area contributed by atoms with Gasteiger partial charge < -0.3 is 5.11 Å². The van der Waals surface area contributed by atoms with Crippen LogP contribution < -0.4 is 10.4 Å². The molecule has 9 heteroatoms. The van der Waals surface area contributed by atoms with Crippen molar-refractivity contribution < 1.29 is 27.5 Å². The summed E-state index contributed by atoms with van der Waals surface area (Å²) in [6, 6.07) is 2.10. The summed E-state index contributed by atoms with van der Waals surface area (Å²) in [5, 5.41) is 11.6. The molecule has 0 saturated carbocycles. The van der Waals surface area contributed by atoms with Gasteiger partial charge in [-0.3, -0.25) is 10.4 Å². The Balaban J connectivity index is 2.48. The number of hydrazine groups is 2. The summed E-state index contributed by atoms with van der Waals surface area (Å²) < 4.78 is 51.8. The molecule has 0 atom stereocenters. The van der Waals surface area contributed by atoms with Gasteiger partial charge in [0.05, 0.1) is 16.9 Å². The quantitative estimate of drug-likeness (QED) is 0.839. The monoisotopic (exact) mass is 319 g/mol. The van der Waals surface area contributed by atoms with Crippen LogP contribution in [-0.2, 0) is 11.0 Å². The van der Waals surface area contributed by atoms with Crippen molar-refractivity contribution in [1.29, 1.82) is 0 Å². The number of allylic oxidation sites excluding steroid dienone is 1. The van der Waals surface area contributed by atoms with Gasteiger partial charge in [0.1, 0.15) is 5.82 Å². The molecule has 2 N–H and O–H groups in total. The van der Waals surface area contributed by atoms with Gasteiger partial charge in [0.15, 0.2) is 5.70 Å². The lowest BCUT2D eigenvalue weighted by molar-refractivity contribution is -0.138. The van der Waals surface area contributed by atoms with E-state index in [0.29, 0.717) is 6.07 Å². The summed E-state index contributed by atoms with van der Waals surface area (Å²) in [6.45, 7) is 3.39. The Hall–Kier alpha value is -2.29. The zero-order chi connectivity index (χ0) is 16.7. The van der Waals surface area contributed by atoms with E-state index in [0.717, 1.165) is 12.1 Å². The van der Waals surface area contributed by atoms with Gasteiger partial charge in [0.2, 0.25) is 0 Å². The summed E-state index contributed by atoms with van der Waals surface area (Å²) in [5.41, 5.74) is 1.29. The molecule has 1 heterocycles. The molecule has 0 radical (unpaired) electrons. The molecule has 120 valence electrons. The average Bonchev–Trinajstić information content (AvgIpc) is 2.74. The van der Waals surface area contributed by atoms with Crippen molar-refractivity contribution in [3.8, 4) is 0 Å². The van der Waals surface area contributed by atoms with E-state index in [9.17, 15) is 22.4 Å². The minimum atomic E-state index is -4.65. The number of nitrogens with zero attached hydrogens (tertiary/aromatic N) is 2. The molecule has 1 aromatic carbocycles. The van der Waals surface area contributed by atoms with E-state index >= 15 is 0 Å². The SMILES string of the molecule is CCN1NC(C(=O)O)=C(C)N1c1ccc(C(F)(F)F)cc1F. The van der Waals surface area contributed by atoms with Gasteiger partial charge in [-0.15, -0.1) is 5.12 Å². The fourth-order valence-electron chi connectivity index (χ4n) is 2.14. The zero-order valence-electron chi connectivity index (χ0n) is 11.7. The second kappa shape index (κ2) is 5.48. The highest BCUT2D eigenvalue weighted by molar-refractivity contribution is 5.88. The Kier molecular flexibility index (Phi) is 4.01. The smallest absolute Gasteiger partial charge is 0.416 e. The van der Waals surface area contributed by atoms with Crippen LogP contribution in [0.4, 0.5) is 23.2 Å². The number of hydrogen-bond acceptors (Lipinski definition) is 4. The summed E-state index contributed by atoms with van der Waals surface area (Å²) in [5.74, 6) is -2.34. The molecule has 1 aliphatic rings. The molecule has 0 saturated heterocycles. The number of alkyl halides is 3. The Morgan fingerprint density at radius 2 is 2.00 bits per heavy atom. The predicted octanol–water partition coefficient (Wildman–Crippen LogP) is 2.72. The van der Waals surface area contributed by atoms with Crippen molar-refractivity contribution in [3.05, 3.63) is 41.0 Å². The molecule has 0 bridgehead atoms. The third kappa shape index (κ3) is 2.71. The Morgan fingerprint density at radius 3 is 2.45 bits per heavy atom. The van der Waals surface area contributed by atoms with Gasteiger partial charge in [-0.05, 0) is 32.0 Å². The molecule has 0 amide bonds. The highest BCUT2D eigenvalue weighted by Crippen LogP contribution is 2.34. The molecular formula is C13H13F4N3O2. The van der Waals surface area contributed by atoms with Crippen molar-refractivity contribution in [3.63, 3.8) is 0 Å². The first-order valence-electron chi connectivity index (χ1n) is 6.32. The van der Waals surface area contributed by atoms with Crippen LogP contribution in [0.1, 0.15) is 19.4 Å². The van der Waals surface area contributed by atoms with Crippen LogP contribution in [0.5, 0.6) is 0 Å². The lowest BCUT2D eigenvalue weighted by Crippen LogP contribution is -2.44. The van der Waals surface area contributed by atoms with Crippen molar-refractivity contribution in [2.45, 2.75) is 20.0 Å². The Labute approximate surface area is 123 Å². The Bertz CT molecular complexity index is 643. The molecule has 1 aliphatic heterocycles. The predicted molar refractivity (Wildman–Crippen MR) is 69.7 cm³/mol. The fraction of sp³-hybridized carbons (Fsp3) is 0.308. The van der Waals surface area contributed by atoms with Crippen molar-refractivity contribution in [2.24, 2.45) is 0 Å². The second-order valence-electron chi connectivity index (χ2n) is 4.57. The van der Waals surface area contributed by atoms with Gasteiger partial charge in [-0.25, -0.2) is 9.18 Å². The number of aliphatic carboxylic acids is 1. The van der Waals surface area contributed by atoms with E-state index in [4.69, 9.17) is 5.11 Å². The van der Waals surface area contributed by atoms with Crippen LogP contribution in [0.15, 0.2) is 29.6 Å². The summed E-state index contributed by atoms with van der Waals surface area (Å²) in [6.07, 6.45) is -4.65. The first kappa shape index (κ1) is 16.1. The number of carboxylic acid groups (broad SMARTS) is 1. The molecule has 0 unspecified atom stereocenters. The van der Waals surface area contributed by atoms with Gasteiger partial charge in [-0.2, -0.15) is 13.2 Å². The maximum Gasteiger partial charge on any atom is 0.416 e. The minimum absolute atomic E-state index is 0.166. The second-order valence-corrected chi connectivity index (χ2v) is 4.57. The molecule has 22 heavy (non-hydrogen) atoms. The van der Waals surface area contributed by atoms with Crippen LogP contribution in [0, 0.1) is 5.82 Å². The molecular weight excluding hydrogens is 306 g/mol. The van der Waals surface area contributed by atoms with Crippen LogP contribution >= 0.6 is 0 Å². The topological polar surface area (TPSA) is 55.8 Å². The van der Waals surface area contributed by atoms with Crippen molar-refractivity contribution in [1.82, 2.24) is 10.5 Å². The summed E-state index contributed by atoms with van der Waals surface area (Å²) >= 11 is 0. The molecule has 2 rings (SSSR count). The van der Waals surface area contributed by atoms with E-state index in [1.165, 1.54) is 17.1 Å². The number of carboxylic acids is 1. The van der Waals surface area contributed by atoms with E-state index in [1.807, 2.05) is 0 Å². The highest BCUT2D eigenvalue weighted by atomic mass is 19.4. The number of hydrogen-bond donors (Lipinski definition) is 2. The van der Waals surface area contributed by atoms with Crippen LogP contribution in [-0.4, -0.2) is 22.7 Å². The molecule has 0 fully saturated rings. The average molecular weight is 319 g/mol. The van der Waals surface area contributed by atoms with E-state index < -0.39 is 23.5 Å². The summed E-state index contributed by atoms with van der Waals surface area (Å²) in [4.78, 5) is 11.1. The van der Waals surface area contributed by atoms with Gasteiger partial charge in [0.25, 0.3) is 0 Å². The fourth-order valence-corrected chi connectivity index (χ4v) is 2.14. The highest BCUT2D eigenvalue weighted by Gasteiger charge is 2.35.